The Morgan fingerprint density at radius 3 is 2.42 bits per heavy atom. The lowest BCUT2D eigenvalue weighted by Crippen LogP contribution is -2.19. The molecular formula is C8H16O4. The quantitative estimate of drug-likeness (QED) is 0.596. The summed E-state index contributed by atoms with van der Waals surface area (Å²) in [5.41, 5.74) is 0. The molecule has 0 spiro atoms. The third-order valence-electron chi connectivity index (χ3n) is 1.15. The van der Waals surface area contributed by atoms with E-state index in [4.69, 9.17) is 9.47 Å². The van der Waals surface area contributed by atoms with Crippen LogP contribution in [-0.4, -0.2) is 32.1 Å². The number of hydrogen-bond acceptors (Lipinski definition) is 4. The molecule has 0 aliphatic rings. The SMILES string of the molecule is CCOC(=O)OCC(C)OCC. The molecule has 0 aromatic heterocycles. The molecule has 4 nitrogen and oxygen atoms in total. The molecule has 0 bridgehead atoms. The molecule has 4 heteroatoms. The summed E-state index contributed by atoms with van der Waals surface area (Å²) in [7, 11) is 0. The third-order valence-corrected chi connectivity index (χ3v) is 1.15. The molecule has 12 heavy (non-hydrogen) atoms. The first kappa shape index (κ1) is 11.2. The van der Waals surface area contributed by atoms with Crippen molar-refractivity contribution in [2.24, 2.45) is 0 Å². The van der Waals surface area contributed by atoms with E-state index in [0.717, 1.165) is 0 Å². The van der Waals surface area contributed by atoms with Crippen molar-refractivity contribution in [3.63, 3.8) is 0 Å². The molecule has 0 radical (unpaired) electrons. The van der Waals surface area contributed by atoms with Crippen molar-refractivity contribution in [1.29, 1.82) is 0 Å². The van der Waals surface area contributed by atoms with Gasteiger partial charge in [-0.05, 0) is 20.8 Å². The molecule has 0 rings (SSSR count). The van der Waals surface area contributed by atoms with Crippen LogP contribution in [0.5, 0.6) is 0 Å². The highest BCUT2D eigenvalue weighted by atomic mass is 16.7. The van der Waals surface area contributed by atoms with Gasteiger partial charge in [0.2, 0.25) is 0 Å². The first-order valence-corrected chi connectivity index (χ1v) is 4.11. The topological polar surface area (TPSA) is 44.8 Å². The molecule has 0 fully saturated rings. The predicted octanol–water partition coefficient (Wildman–Crippen LogP) is 1.58. The van der Waals surface area contributed by atoms with E-state index >= 15 is 0 Å². The smallest absolute Gasteiger partial charge is 0.435 e. The second-order valence-corrected chi connectivity index (χ2v) is 2.26. The van der Waals surface area contributed by atoms with Crippen LogP contribution < -0.4 is 0 Å². The van der Waals surface area contributed by atoms with Crippen LogP contribution in [0.2, 0.25) is 0 Å². The molecule has 0 heterocycles. The first-order chi connectivity index (χ1) is 5.70. The monoisotopic (exact) mass is 176 g/mol. The fourth-order valence-electron chi connectivity index (χ4n) is 0.678. The minimum absolute atomic E-state index is 0.0700. The average Bonchev–Trinajstić information content (AvgIpc) is 2.02. The van der Waals surface area contributed by atoms with E-state index in [1.54, 1.807) is 6.92 Å². The molecule has 0 aliphatic carbocycles. The summed E-state index contributed by atoms with van der Waals surface area (Å²) in [6, 6.07) is 0. The molecule has 0 aromatic rings. The van der Waals surface area contributed by atoms with E-state index < -0.39 is 6.16 Å². The number of ether oxygens (including phenoxy) is 3. The second-order valence-electron chi connectivity index (χ2n) is 2.26. The van der Waals surface area contributed by atoms with Gasteiger partial charge in [0, 0.05) is 6.61 Å². The van der Waals surface area contributed by atoms with Crippen LogP contribution in [0.15, 0.2) is 0 Å². The van der Waals surface area contributed by atoms with E-state index in [1.165, 1.54) is 0 Å². The summed E-state index contributed by atoms with van der Waals surface area (Å²) in [6.07, 6.45) is -0.705. The molecule has 0 saturated heterocycles. The zero-order chi connectivity index (χ0) is 9.40. The Kier molecular flexibility index (Phi) is 6.47. The van der Waals surface area contributed by atoms with E-state index in [9.17, 15) is 4.79 Å². The van der Waals surface area contributed by atoms with Crippen molar-refractivity contribution < 1.29 is 19.0 Å². The van der Waals surface area contributed by atoms with Crippen molar-refractivity contribution in [3.05, 3.63) is 0 Å². The summed E-state index contributed by atoms with van der Waals surface area (Å²) in [5, 5.41) is 0. The minimum atomic E-state index is -0.635. The second kappa shape index (κ2) is 6.91. The molecule has 0 amide bonds. The molecule has 0 N–H and O–H groups in total. The number of carbonyl (C=O) groups excluding carboxylic acids is 1. The van der Waals surface area contributed by atoms with Gasteiger partial charge in [0.25, 0.3) is 0 Å². The summed E-state index contributed by atoms with van der Waals surface area (Å²) < 4.78 is 14.4. The van der Waals surface area contributed by atoms with E-state index in [1.807, 2.05) is 13.8 Å². The normalized spacial score (nSPS) is 12.2. The average molecular weight is 176 g/mol. The van der Waals surface area contributed by atoms with E-state index in [0.29, 0.717) is 13.2 Å². The Bertz CT molecular complexity index is 124. The zero-order valence-electron chi connectivity index (χ0n) is 7.83. The maximum atomic E-state index is 10.7. The van der Waals surface area contributed by atoms with Gasteiger partial charge in [0.15, 0.2) is 0 Å². The van der Waals surface area contributed by atoms with Crippen LogP contribution >= 0.6 is 0 Å². The van der Waals surface area contributed by atoms with Gasteiger partial charge in [-0.25, -0.2) is 4.79 Å². The highest BCUT2D eigenvalue weighted by Crippen LogP contribution is 1.93. The minimum Gasteiger partial charge on any atom is -0.435 e. The fourth-order valence-corrected chi connectivity index (χ4v) is 0.678. The standard InChI is InChI=1S/C8H16O4/c1-4-10-7(3)6-12-8(9)11-5-2/h7H,4-6H2,1-3H3. The lowest BCUT2D eigenvalue weighted by molar-refractivity contribution is -0.00348. The maximum absolute atomic E-state index is 10.7. The molecule has 72 valence electrons. The summed E-state index contributed by atoms with van der Waals surface area (Å²) >= 11 is 0. The molecular weight excluding hydrogens is 160 g/mol. The molecule has 1 unspecified atom stereocenters. The largest absolute Gasteiger partial charge is 0.508 e. The van der Waals surface area contributed by atoms with Gasteiger partial charge in [-0.15, -0.1) is 0 Å². The van der Waals surface area contributed by atoms with Crippen molar-refractivity contribution in [2.75, 3.05) is 19.8 Å². The van der Waals surface area contributed by atoms with Crippen molar-refractivity contribution in [2.45, 2.75) is 26.9 Å². The summed E-state index contributed by atoms with van der Waals surface area (Å²) in [4.78, 5) is 10.7. The Balaban J connectivity index is 3.33. The van der Waals surface area contributed by atoms with Gasteiger partial charge < -0.3 is 14.2 Å². The number of carbonyl (C=O) groups is 1. The van der Waals surface area contributed by atoms with Crippen LogP contribution in [0.3, 0.4) is 0 Å². The van der Waals surface area contributed by atoms with Gasteiger partial charge >= 0.3 is 6.16 Å². The Labute approximate surface area is 72.8 Å². The predicted molar refractivity (Wildman–Crippen MR) is 44.1 cm³/mol. The fraction of sp³-hybridized carbons (Fsp3) is 0.875. The Hall–Kier alpha value is -0.770. The van der Waals surface area contributed by atoms with Crippen LogP contribution in [0.4, 0.5) is 4.79 Å². The molecule has 0 aliphatic heterocycles. The maximum Gasteiger partial charge on any atom is 0.508 e. The lowest BCUT2D eigenvalue weighted by atomic mass is 10.4. The van der Waals surface area contributed by atoms with Crippen LogP contribution in [0.25, 0.3) is 0 Å². The Morgan fingerprint density at radius 2 is 1.92 bits per heavy atom. The van der Waals surface area contributed by atoms with E-state index in [2.05, 4.69) is 4.74 Å². The Morgan fingerprint density at radius 1 is 1.25 bits per heavy atom. The molecule has 1 atom stereocenters. The third kappa shape index (κ3) is 5.97. The lowest BCUT2D eigenvalue weighted by Gasteiger charge is -2.11. The van der Waals surface area contributed by atoms with Gasteiger partial charge in [-0.2, -0.15) is 0 Å². The zero-order valence-corrected chi connectivity index (χ0v) is 7.83. The van der Waals surface area contributed by atoms with Crippen LogP contribution in [0.1, 0.15) is 20.8 Å². The first-order valence-electron chi connectivity index (χ1n) is 4.11. The van der Waals surface area contributed by atoms with Crippen molar-refractivity contribution in [1.82, 2.24) is 0 Å². The van der Waals surface area contributed by atoms with Crippen molar-refractivity contribution >= 4 is 6.16 Å². The van der Waals surface area contributed by atoms with Crippen molar-refractivity contribution in [3.8, 4) is 0 Å². The summed E-state index contributed by atoms with van der Waals surface area (Å²) in [6.45, 7) is 6.65. The van der Waals surface area contributed by atoms with Gasteiger partial charge in [-0.3, -0.25) is 0 Å². The van der Waals surface area contributed by atoms with Gasteiger partial charge in [-0.1, -0.05) is 0 Å². The van der Waals surface area contributed by atoms with Gasteiger partial charge in [0.1, 0.15) is 6.61 Å². The molecule has 0 aromatic carbocycles. The highest BCUT2D eigenvalue weighted by Gasteiger charge is 2.06. The van der Waals surface area contributed by atoms with Crippen LogP contribution in [0, 0.1) is 0 Å². The summed E-state index contributed by atoms with van der Waals surface area (Å²) in [5.74, 6) is 0. The number of rotatable bonds is 5. The number of hydrogen-bond donors (Lipinski definition) is 0. The van der Waals surface area contributed by atoms with Gasteiger partial charge in [0.05, 0.1) is 12.7 Å². The van der Waals surface area contributed by atoms with E-state index in [-0.39, 0.29) is 12.7 Å². The molecule has 0 saturated carbocycles. The van der Waals surface area contributed by atoms with Crippen LogP contribution in [-0.2, 0) is 14.2 Å². The highest BCUT2D eigenvalue weighted by molar-refractivity contribution is 5.59.